The second-order valence-electron chi connectivity index (χ2n) is 5.90. The van der Waals surface area contributed by atoms with Gasteiger partial charge in [-0.25, -0.2) is 13.8 Å². The zero-order chi connectivity index (χ0) is 16.7. The van der Waals surface area contributed by atoms with Gasteiger partial charge >= 0.3 is 12.1 Å². The summed E-state index contributed by atoms with van der Waals surface area (Å²) in [5, 5.41) is 11.3. The standard InChI is InChI=1S/C13H26N2O5S/c1-5-6-8-21(14,19)9-7-10(11(16)17)15-12(18)20-13(2,3)4/h10,14H,5-9H2,1-4H3,(H,15,18)(H,16,17)/t10-,21+/m1/s1. The highest BCUT2D eigenvalue weighted by molar-refractivity contribution is 7.92. The molecule has 0 spiro atoms. The third-order valence-corrected chi connectivity index (χ3v) is 4.40. The molecule has 0 aromatic carbocycles. The third kappa shape index (κ3) is 10.1. The highest BCUT2D eigenvalue weighted by atomic mass is 32.2. The monoisotopic (exact) mass is 322 g/mol. The van der Waals surface area contributed by atoms with Gasteiger partial charge in [0.2, 0.25) is 0 Å². The molecular weight excluding hydrogens is 296 g/mol. The average molecular weight is 322 g/mol. The summed E-state index contributed by atoms with van der Waals surface area (Å²) in [6.45, 7) is 6.94. The zero-order valence-corrected chi connectivity index (χ0v) is 13.9. The fourth-order valence-corrected chi connectivity index (χ4v) is 3.07. The number of unbranched alkanes of at least 4 members (excludes halogenated alkanes) is 1. The van der Waals surface area contributed by atoms with Gasteiger partial charge in [-0.15, -0.1) is 0 Å². The maximum Gasteiger partial charge on any atom is 0.408 e. The quantitative estimate of drug-likeness (QED) is 0.633. The van der Waals surface area contributed by atoms with Crippen molar-refractivity contribution in [2.75, 3.05) is 11.5 Å². The summed E-state index contributed by atoms with van der Waals surface area (Å²) < 4.78 is 24.6. The second kappa shape index (κ2) is 8.21. The molecule has 0 aliphatic carbocycles. The van der Waals surface area contributed by atoms with Crippen LogP contribution in [0.15, 0.2) is 0 Å². The highest BCUT2D eigenvalue weighted by Crippen LogP contribution is 2.08. The minimum Gasteiger partial charge on any atom is -0.480 e. The molecule has 0 radical (unpaired) electrons. The van der Waals surface area contributed by atoms with Gasteiger partial charge in [0.15, 0.2) is 0 Å². The van der Waals surface area contributed by atoms with E-state index in [4.69, 9.17) is 14.6 Å². The van der Waals surface area contributed by atoms with Crippen LogP contribution in [0.4, 0.5) is 4.79 Å². The fraction of sp³-hybridized carbons (Fsp3) is 0.846. The number of carbonyl (C=O) groups excluding carboxylic acids is 1. The molecule has 0 heterocycles. The number of carboxylic acids is 1. The molecule has 1 amide bonds. The summed E-state index contributed by atoms with van der Waals surface area (Å²) in [6.07, 6.45) is 0.606. The first kappa shape index (κ1) is 19.7. The number of carboxylic acid groups (broad SMARTS) is 1. The Kier molecular flexibility index (Phi) is 7.70. The number of hydrogen-bond donors (Lipinski definition) is 3. The minimum atomic E-state index is -2.80. The van der Waals surface area contributed by atoms with E-state index in [1.165, 1.54) is 0 Å². The lowest BCUT2D eigenvalue weighted by atomic mass is 10.2. The van der Waals surface area contributed by atoms with Crippen LogP contribution in [0.2, 0.25) is 0 Å². The molecule has 124 valence electrons. The van der Waals surface area contributed by atoms with E-state index in [9.17, 15) is 13.8 Å². The maximum absolute atomic E-state index is 11.9. The van der Waals surface area contributed by atoms with Crippen LogP contribution in [0.25, 0.3) is 0 Å². The smallest absolute Gasteiger partial charge is 0.408 e. The van der Waals surface area contributed by atoms with E-state index in [1.54, 1.807) is 20.8 Å². The van der Waals surface area contributed by atoms with Crippen molar-refractivity contribution in [3.05, 3.63) is 0 Å². The minimum absolute atomic E-state index is 0.0549. The molecule has 0 aromatic heterocycles. The summed E-state index contributed by atoms with van der Waals surface area (Å²) in [5.74, 6) is -1.03. The van der Waals surface area contributed by atoms with Crippen LogP contribution < -0.4 is 5.32 Å². The van der Waals surface area contributed by atoms with Crippen LogP contribution >= 0.6 is 0 Å². The lowest BCUT2D eigenvalue weighted by Crippen LogP contribution is -2.44. The van der Waals surface area contributed by atoms with Crippen molar-refractivity contribution >= 4 is 21.8 Å². The molecule has 0 bridgehead atoms. The molecule has 0 unspecified atom stereocenters. The van der Waals surface area contributed by atoms with Crippen molar-refractivity contribution in [2.24, 2.45) is 0 Å². The third-order valence-electron chi connectivity index (χ3n) is 2.55. The van der Waals surface area contributed by atoms with Gasteiger partial charge in [0.05, 0.1) is 0 Å². The number of amides is 1. The van der Waals surface area contributed by atoms with E-state index in [-0.39, 0.29) is 17.9 Å². The van der Waals surface area contributed by atoms with E-state index in [1.807, 2.05) is 6.92 Å². The number of ether oxygens (including phenoxy) is 1. The predicted octanol–water partition coefficient (Wildman–Crippen LogP) is 2.20. The van der Waals surface area contributed by atoms with Crippen LogP contribution in [-0.4, -0.2) is 44.5 Å². The molecule has 0 aliphatic rings. The summed E-state index contributed by atoms with van der Waals surface area (Å²) in [6, 6.07) is -1.20. The van der Waals surface area contributed by atoms with Crippen molar-refractivity contribution in [1.82, 2.24) is 5.32 Å². The topological polar surface area (TPSA) is 117 Å². The van der Waals surface area contributed by atoms with Gasteiger partial charge < -0.3 is 15.2 Å². The Morgan fingerprint density at radius 2 is 1.90 bits per heavy atom. The van der Waals surface area contributed by atoms with E-state index in [0.29, 0.717) is 6.42 Å². The van der Waals surface area contributed by atoms with Crippen LogP contribution in [-0.2, 0) is 19.3 Å². The predicted molar refractivity (Wildman–Crippen MR) is 80.9 cm³/mol. The fourth-order valence-electron chi connectivity index (χ4n) is 1.49. The summed E-state index contributed by atoms with van der Waals surface area (Å²) in [4.78, 5) is 22.7. The van der Waals surface area contributed by atoms with Gasteiger partial charge in [-0.3, -0.25) is 4.78 Å². The molecule has 0 rings (SSSR count). The van der Waals surface area contributed by atoms with E-state index < -0.39 is 33.4 Å². The van der Waals surface area contributed by atoms with E-state index in [0.717, 1.165) is 6.42 Å². The number of carbonyl (C=O) groups is 2. The van der Waals surface area contributed by atoms with Gasteiger partial charge in [0.25, 0.3) is 0 Å². The second-order valence-corrected chi connectivity index (χ2v) is 8.34. The SMILES string of the molecule is CCCC[S@](=N)(=O)CC[C@@H](NC(=O)OC(C)(C)C)C(=O)O. The number of nitrogens with one attached hydrogen (secondary N) is 2. The number of alkyl carbamates (subject to hydrolysis) is 1. The normalized spacial score (nSPS) is 15.8. The molecule has 0 saturated carbocycles. The van der Waals surface area contributed by atoms with Crippen molar-refractivity contribution < 1.29 is 23.6 Å². The highest BCUT2D eigenvalue weighted by Gasteiger charge is 2.24. The Labute approximate surface area is 126 Å². The van der Waals surface area contributed by atoms with Crippen LogP contribution in [0.5, 0.6) is 0 Å². The molecule has 3 N–H and O–H groups in total. The summed E-state index contributed by atoms with van der Waals surface area (Å²) in [5.41, 5.74) is -0.725. The Morgan fingerprint density at radius 1 is 1.33 bits per heavy atom. The Morgan fingerprint density at radius 3 is 2.33 bits per heavy atom. The lowest BCUT2D eigenvalue weighted by Gasteiger charge is -2.22. The van der Waals surface area contributed by atoms with E-state index >= 15 is 0 Å². The first-order valence-electron chi connectivity index (χ1n) is 6.93. The summed E-state index contributed by atoms with van der Waals surface area (Å²) in [7, 11) is -2.80. The van der Waals surface area contributed by atoms with Crippen LogP contribution in [0.1, 0.15) is 47.0 Å². The summed E-state index contributed by atoms with van der Waals surface area (Å²) >= 11 is 0. The Hall–Kier alpha value is -1.31. The van der Waals surface area contributed by atoms with Gasteiger partial charge in [-0.2, -0.15) is 0 Å². The van der Waals surface area contributed by atoms with Crippen LogP contribution in [0, 0.1) is 4.78 Å². The van der Waals surface area contributed by atoms with Crippen molar-refractivity contribution in [2.45, 2.75) is 58.6 Å². The Bertz CT molecular complexity index is 454. The maximum atomic E-state index is 11.9. The van der Waals surface area contributed by atoms with E-state index in [2.05, 4.69) is 5.32 Å². The zero-order valence-electron chi connectivity index (χ0n) is 13.1. The molecule has 0 fully saturated rings. The molecule has 21 heavy (non-hydrogen) atoms. The van der Waals surface area contributed by atoms with Gasteiger partial charge in [-0.1, -0.05) is 13.3 Å². The van der Waals surface area contributed by atoms with Gasteiger partial charge in [0.1, 0.15) is 11.6 Å². The largest absolute Gasteiger partial charge is 0.480 e. The number of rotatable bonds is 8. The van der Waals surface area contributed by atoms with Crippen molar-refractivity contribution in [1.29, 1.82) is 4.78 Å². The number of hydrogen-bond acceptors (Lipinski definition) is 5. The lowest BCUT2D eigenvalue weighted by molar-refractivity contribution is -0.139. The number of aliphatic carboxylic acids is 1. The molecule has 2 atom stereocenters. The van der Waals surface area contributed by atoms with Crippen molar-refractivity contribution in [3.63, 3.8) is 0 Å². The Balaban J connectivity index is 4.52. The molecule has 0 saturated heterocycles. The van der Waals surface area contributed by atoms with Crippen LogP contribution in [0.3, 0.4) is 0 Å². The van der Waals surface area contributed by atoms with Gasteiger partial charge in [-0.05, 0) is 33.6 Å². The van der Waals surface area contributed by atoms with Crippen molar-refractivity contribution in [3.8, 4) is 0 Å². The first-order chi connectivity index (χ1) is 9.47. The molecule has 0 aromatic rings. The molecule has 7 nitrogen and oxygen atoms in total. The molecule has 0 aliphatic heterocycles. The van der Waals surface area contributed by atoms with Gasteiger partial charge in [0, 0.05) is 21.2 Å². The molecular formula is C13H26N2O5S. The first-order valence-corrected chi connectivity index (χ1v) is 8.83. The molecule has 8 heteroatoms. The average Bonchev–Trinajstić information content (AvgIpc) is 2.29.